The lowest BCUT2D eigenvalue weighted by Gasteiger charge is -2.14. The summed E-state index contributed by atoms with van der Waals surface area (Å²) in [6, 6.07) is 15.7. The molecule has 176 valence electrons. The van der Waals surface area contributed by atoms with Gasteiger partial charge in [0.1, 0.15) is 0 Å². The van der Waals surface area contributed by atoms with Gasteiger partial charge in [-0.3, -0.25) is 9.59 Å². The number of hydrogen-bond donors (Lipinski definition) is 2. The third-order valence-electron chi connectivity index (χ3n) is 4.57. The van der Waals surface area contributed by atoms with Crippen LogP contribution in [0.25, 0.3) is 0 Å². The van der Waals surface area contributed by atoms with Crippen molar-refractivity contribution in [2.75, 3.05) is 17.2 Å². The molecule has 0 aliphatic heterocycles. The second kappa shape index (κ2) is 10.4. The maximum atomic E-state index is 13.2. The molecule has 3 rings (SSSR count). The first-order chi connectivity index (χ1) is 16.0. The first kappa shape index (κ1) is 24.8. The van der Waals surface area contributed by atoms with Gasteiger partial charge in [0.25, 0.3) is 11.8 Å². The maximum Gasteiger partial charge on any atom is 0.418 e. The Morgan fingerprint density at radius 3 is 2.35 bits per heavy atom. The highest BCUT2D eigenvalue weighted by molar-refractivity contribution is 6.30. The number of alkyl halides is 3. The van der Waals surface area contributed by atoms with Crippen LogP contribution in [0.1, 0.15) is 31.8 Å². The van der Waals surface area contributed by atoms with Crippen molar-refractivity contribution in [3.63, 3.8) is 0 Å². The minimum Gasteiger partial charge on any atom is -0.452 e. The number of esters is 1. The normalized spacial score (nSPS) is 11.0. The Kier molecular flexibility index (Phi) is 7.57. The van der Waals surface area contributed by atoms with E-state index in [1.54, 1.807) is 24.3 Å². The van der Waals surface area contributed by atoms with E-state index in [1.807, 2.05) is 13.0 Å². The summed E-state index contributed by atoms with van der Waals surface area (Å²) in [6.07, 6.45) is -4.75. The largest absolute Gasteiger partial charge is 0.452 e. The van der Waals surface area contributed by atoms with Crippen molar-refractivity contribution >= 4 is 40.8 Å². The Morgan fingerprint density at radius 1 is 0.912 bits per heavy atom. The number of halogens is 4. The van der Waals surface area contributed by atoms with Crippen molar-refractivity contribution in [3.8, 4) is 0 Å². The van der Waals surface area contributed by atoms with Crippen LogP contribution < -0.4 is 10.6 Å². The third kappa shape index (κ3) is 6.35. The molecule has 0 aliphatic rings. The molecular weight excluding hydrogens is 473 g/mol. The zero-order chi connectivity index (χ0) is 24.9. The van der Waals surface area contributed by atoms with E-state index in [9.17, 15) is 27.6 Å². The van der Waals surface area contributed by atoms with Gasteiger partial charge in [-0.15, -0.1) is 0 Å². The molecule has 2 amide bonds. The fourth-order valence-electron chi connectivity index (χ4n) is 3.01. The number of amides is 2. The van der Waals surface area contributed by atoms with Crippen LogP contribution in [0.5, 0.6) is 0 Å². The van der Waals surface area contributed by atoms with E-state index in [2.05, 4.69) is 10.6 Å². The van der Waals surface area contributed by atoms with Gasteiger partial charge in [0, 0.05) is 10.6 Å². The van der Waals surface area contributed by atoms with E-state index in [-0.39, 0.29) is 16.3 Å². The zero-order valence-corrected chi connectivity index (χ0v) is 18.5. The Balaban J connectivity index is 1.67. The number of para-hydroxylation sites is 1. The molecule has 0 spiro atoms. The molecule has 0 heterocycles. The summed E-state index contributed by atoms with van der Waals surface area (Å²) in [5, 5.41) is 4.52. The van der Waals surface area contributed by atoms with Crippen LogP contribution in [-0.2, 0) is 15.7 Å². The van der Waals surface area contributed by atoms with Crippen LogP contribution in [0, 0.1) is 6.92 Å². The summed E-state index contributed by atoms with van der Waals surface area (Å²) >= 11 is 5.62. The van der Waals surface area contributed by atoms with E-state index in [1.165, 1.54) is 24.3 Å². The van der Waals surface area contributed by atoms with Gasteiger partial charge in [-0.2, -0.15) is 13.2 Å². The van der Waals surface area contributed by atoms with Gasteiger partial charge in [0.15, 0.2) is 6.61 Å². The first-order valence-corrected chi connectivity index (χ1v) is 10.2. The molecule has 2 N–H and O–H groups in total. The number of aryl methyl sites for hydroxylation is 1. The Morgan fingerprint density at radius 2 is 1.65 bits per heavy atom. The van der Waals surface area contributed by atoms with Gasteiger partial charge < -0.3 is 15.4 Å². The van der Waals surface area contributed by atoms with E-state index in [0.29, 0.717) is 11.6 Å². The summed E-state index contributed by atoms with van der Waals surface area (Å²) in [4.78, 5) is 37.2. The van der Waals surface area contributed by atoms with Gasteiger partial charge >= 0.3 is 12.1 Å². The lowest BCUT2D eigenvalue weighted by Crippen LogP contribution is -2.23. The molecule has 0 atom stereocenters. The molecule has 0 radical (unpaired) electrons. The van der Waals surface area contributed by atoms with Crippen LogP contribution in [0.4, 0.5) is 24.5 Å². The van der Waals surface area contributed by atoms with Crippen LogP contribution in [0.2, 0.25) is 5.02 Å². The van der Waals surface area contributed by atoms with E-state index in [0.717, 1.165) is 11.6 Å². The summed E-state index contributed by atoms with van der Waals surface area (Å²) in [6.45, 7) is 0.980. The van der Waals surface area contributed by atoms with Gasteiger partial charge in [-0.25, -0.2) is 4.79 Å². The monoisotopic (exact) mass is 490 g/mol. The first-order valence-electron chi connectivity index (χ1n) is 9.85. The summed E-state index contributed by atoms with van der Waals surface area (Å²) in [5.74, 6) is -2.38. The summed E-state index contributed by atoms with van der Waals surface area (Å²) in [7, 11) is 0. The topological polar surface area (TPSA) is 84.5 Å². The highest BCUT2D eigenvalue weighted by Gasteiger charge is 2.34. The molecular formula is C24H18ClF3N2O4. The van der Waals surface area contributed by atoms with E-state index in [4.69, 9.17) is 16.3 Å². The molecule has 0 aliphatic carbocycles. The fourth-order valence-corrected chi connectivity index (χ4v) is 3.18. The molecule has 3 aromatic carbocycles. The molecule has 34 heavy (non-hydrogen) atoms. The Bertz CT molecular complexity index is 1240. The van der Waals surface area contributed by atoms with Crippen LogP contribution in [-0.4, -0.2) is 24.4 Å². The number of carbonyl (C=O) groups is 3. The van der Waals surface area contributed by atoms with Gasteiger partial charge in [0.2, 0.25) is 0 Å². The van der Waals surface area contributed by atoms with Crippen LogP contribution in [0.3, 0.4) is 0 Å². The predicted molar refractivity (Wildman–Crippen MR) is 121 cm³/mol. The number of hydrogen-bond acceptors (Lipinski definition) is 4. The third-order valence-corrected chi connectivity index (χ3v) is 4.81. The van der Waals surface area contributed by atoms with E-state index >= 15 is 0 Å². The molecule has 0 bridgehead atoms. The number of anilines is 2. The zero-order valence-electron chi connectivity index (χ0n) is 17.7. The average molecular weight is 491 g/mol. The molecule has 0 unspecified atom stereocenters. The van der Waals surface area contributed by atoms with Gasteiger partial charge in [0.05, 0.1) is 22.5 Å². The Hall–Kier alpha value is -3.85. The van der Waals surface area contributed by atoms with Crippen LogP contribution in [0.15, 0.2) is 66.7 Å². The van der Waals surface area contributed by atoms with Crippen molar-refractivity contribution in [2.24, 2.45) is 0 Å². The van der Waals surface area contributed by atoms with Gasteiger partial charge in [-0.1, -0.05) is 41.4 Å². The van der Waals surface area contributed by atoms with Crippen molar-refractivity contribution in [1.29, 1.82) is 0 Å². The SMILES string of the molecule is Cc1cccc(C(=O)Nc2ccccc2C(=O)OCC(=O)Nc2ccc(Cl)cc2C(F)(F)F)c1. The van der Waals surface area contributed by atoms with Crippen LogP contribution >= 0.6 is 11.6 Å². The second-order valence-corrected chi connectivity index (χ2v) is 7.62. The number of rotatable bonds is 6. The molecule has 10 heteroatoms. The molecule has 0 fully saturated rings. The van der Waals surface area contributed by atoms with Crippen molar-refractivity contribution in [2.45, 2.75) is 13.1 Å². The standard InChI is InChI=1S/C24H18ClF3N2O4/c1-14-5-4-6-15(11-14)22(32)30-19-8-3-2-7-17(19)23(33)34-13-21(31)29-20-10-9-16(25)12-18(20)24(26,27)28/h2-12H,13H2,1H3,(H,29,31)(H,30,32). The molecule has 3 aromatic rings. The lowest BCUT2D eigenvalue weighted by atomic mass is 10.1. The maximum absolute atomic E-state index is 13.2. The number of ether oxygens (including phenoxy) is 1. The lowest BCUT2D eigenvalue weighted by molar-refractivity contribution is -0.137. The minimum absolute atomic E-state index is 0.0289. The van der Waals surface area contributed by atoms with Gasteiger partial charge in [-0.05, 0) is 49.4 Å². The van der Waals surface area contributed by atoms with Crippen molar-refractivity contribution < 1.29 is 32.3 Å². The quantitative estimate of drug-likeness (QED) is 0.433. The molecule has 6 nitrogen and oxygen atoms in total. The highest BCUT2D eigenvalue weighted by atomic mass is 35.5. The summed E-state index contributed by atoms with van der Waals surface area (Å²) in [5.41, 5.74) is -0.283. The smallest absolute Gasteiger partial charge is 0.418 e. The van der Waals surface area contributed by atoms with E-state index < -0.39 is 41.8 Å². The summed E-state index contributed by atoms with van der Waals surface area (Å²) < 4.78 is 44.5. The predicted octanol–water partition coefficient (Wildman–Crippen LogP) is 5.72. The number of benzene rings is 3. The number of carbonyl (C=O) groups excluding carboxylic acids is 3. The fraction of sp³-hybridized carbons (Fsp3) is 0.125. The number of nitrogens with one attached hydrogen (secondary N) is 2. The average Bonchev–Trinajstić information content (AvgIpc) is 2.78. The molecule has 0 aromatic heterocycles. The van der Waals surface area contributed by atoms with Crippen molar-refractivity contribution in [3.05, 3.63) is 94.0 Å². The molecule has 0 saturated heterocycles. The highest BCUT2D eigenvalue weighted by Crippen LogP contribution is 2.36. The molecule has 0 saturated carbocycles. The van der Waals surface area contributed by atoms with Crippen molar-refractivity contribution in [1.82, 2.24) is 0 Å². The minimum atomic E-state index is -4.75. The Labute approximate surface area is 197 Å². The second-order valence-electron chi connectivity index (χ2n) is 7.18.